The normalized spacial score (nSPS) is 16.4. The Bertz CT molecular complexity index is 491. The van der Waals surface area contributed by atoms with Crippen LogP contribution in [0.15, 0.2) is 12.1 Å². The smallest absolute Gasteiger partial charge is 0.183 e. The molecule has 19 heavy (non-hydrogen) atoms. The number of hydrogen-bond donors (Lipinski definition) is 0. The van der Waals surface area contributed by atoms with E-state index < -0.39 is 11.6 Å². The highest BCUT2D eigenvalue weighted by atomic mass is 19.2. The number of benzene rings is 1. The minimum absolute atomic E-state index is 0.243. The third-order valence-electron chi connectivity index (χ3n) is 3.54. The van der Waals surface area contributed by atoms with Gasteiger partial charge >= 0.3 is 0 Å². The van der Waals surface area contributed by atoms with E-state index in [1.165, 1.54) is 12.1 Å². The third-order valence-corrected chi connectivity index (χ3v) is 3.54. The number of methoxy groups -OCH3 is 1. The topological polar surface area (TPSA) is 36.3 Å². The highest BCUT2D eigenvalue weighted by Gasteiger charge is 2.23. The van der Waals surface area contributed by atoms with Gasteiger partial charge in [-0.15, -0.1) is 0 Å². The molecule has 1 aliphatic heterocycles. The van der Waals surface area contributed by atoms with Crippen molar-refractivity contribution >= 4 is 5.69 Å². The molecule has 0 unspecified atom stereocenters. The Balaban J connectivity index is 2.12. The van der Waals surface area contributed by atoms with Crippen LogP contribution in [-0.2, 0) is 4.74 Å². The Labute approximate surface area is 111 Å². The van der Waals surface area contributed by atoms with E-state index in [-0.39, 0.29) is 11.3 Å². The quantitative estimate of drug-likeness (QED) is 0.844. The lowest BCUT2D eigenvalue weighted by Crippen LogP contribution is -2.35. The van der Waals surface area contributed by atoms with Gasteiger partial charge in [-0.2, -0.15) is 5.26 Å². The average Bonchev–Trinajstić information content (AvgIpc) is 2.43. The first-order valence-electron chi connectivity index (χ1n) is 6.29. The van der Waals surface area contributed by atoms with Crippen LogP contribution in [0.5, 0.6) is 0 Å². The van der Waals surface area contributed by atoms with E-state index in [2.05, 4.69) is 0 Å². The van der Waals surface area contributed by atoms with Crippen LogP contribution in [0.3, 0.4) is 0 Å². The number of ether oxygens (including phenoxy) is 1. The molecule has 1 heterocycles. The van der Waals surface area contributed by atoms with Gasteiger partial charge in [0.05, 0.1) is 11.3 Å². The van der Waals surface area contributed by atoms with Crippen molar-refractivity contribution in [3.8, 4) is 6.07 Å². The molecule has 0 atom stereocenters. The summed E-state index contributed by atoms with van der Waals surface area (Å²) in [4.78, 5) is 1.83. The molecule has 0 bridgehead atoms. The predicted molar refractivity (Wildman–Crippen MR) is 67.9 cm³/mol. The maximum atomic E-state index is 13.9. The van der Waals surface area contributed by atoms with Crippen LogP contribution in [-0.4, -0.2) is 26.8 Å². The lowest BCUT2D eigenvalue weighted by atomic mass is 9.97. The van der Waals surface area contributed by atoms with E-state index in [9.17, 15) is 8.78 Å². The van der Waals surface area contributed by atoms with E-state index in [1.807, 2.05) is 4.90 Å². The number of rotatable bonds is 3. The van der Waals surface area contributed by atoms with E-state index in [4.69, 9.17) is 10.00 Å². The minimum Gasteiger partial charge on any atom is -0.384 e. The van der Waals surface area contributed by atoms with Crippen LogP contribution < -0.4 is 4.90 Å². The second kappa shape index (κ2) is 5.98. The molecule has 3 nitrogen and oxygen atoms in total. The second-order valence-corrected chi connectivity index (χ2v) is 4.76. The Morgan fingerprint density at radius 1 is 1.32 bits per heavy atom. The number of halogens is 2. The van der Waals surface area contributed by atoms with Crippen molar-refractivity contribution in [1.29, 1.82) is 5.26 Å². The summed E-state index contributed by atoms with van der Waals surface area (Å²) in [5.41, 5.74) is -0.0112. The number of nitrogens with zero attached hydrogens (tertiary/aromatic N) is 2. The van der Waals surface area contributed by atoms with E-state index in [0.717, 1.165) is 12.8 Å². The Kier molecular flexibility index (Phi) is 4.33. The monoisotopic (exact) mass is 266 g/mol. The average molecular weight is 266 g/mol. The van der Waals surface area contributed by atoms with Crippen LogP contribution in [0.4, 0.5) is 14.5 Å². The van der Waals surface area contributed by atoms with Crippen LogP contribution in [0.2, 0.25) is 0 Å². The molecule has 0 saturated carbocycles. The standard InChI is InChI=1S/C14H16F2N2O/c1-19-9-10-4-6-18(7-5-10)12-3-2-11(8-17)13(15)14(12)16/h2-3,10H,4-7,9H2,1H3. The van der Waals surface area contributed by atoms with Crippen LogP contribution in [0, 0.1) is 28.9 Å². The fourth-order valence-electron chi connectivity index (χ4n) is 2.45. The maximum Gasteiger partial charge on any atom is 0.183 e. The van der Waals surface area contributed by atoms with Gasteiger partial charge in [0.2, 0.25) is 0 Å². The lowest BCUT2D eigenvalue weighted by molar-refractivity contribution is 0.139. The first kappa shape index (κ1) is 13.8. The zero-order valence-corrected chi connectivity index (χ0v) is 10.8. The zero-order valence-electron chi connectivity index (χ0n) is 10.8. The number of hydrogen-bond acceptors (Lipinski definition) is 3. The van der Waals surface area contributed by atoms with Crippen molar-refractivity contribution in [2.45, 2.75) is 12.8 Å². The van der Waals surface area contributed by atoms with E-state index in [1.54, 1.807) is 13.2 Å². The summed E-state index contributed by atoms with van der Waals surface area (Å²) >= 11 is 0. The summed E-state index contributed by atoms with van der Waals surface area (Å²) in [5.74, 6) is -1.50. The molecule has 1 fully saturated rings. The van der Waals surface area contributed by atoms with Crippen molar-refractivity contribution in [2.24, 2.45) is 5.92 Å². The van der Waals surface area contributed by atoms with Crippen LogP contribution in [0.25, 0.3) is 0 Å². The molecular weight excluding hydrogens is 250 g/mol. The summed E-state index contributed by atoms with van der Waals surface area (Å²) in [6, 6.07) is 4.45. The van der Waals surface area contributed by atoms with E-state index >= 15 is 0 Å². The van der Waals surface area contributed by atoms with Gasteiger partial charge in [0, 0.05) is 26.8 Å². The van der Waals surface area contributed by atoms with Gasteiger partial charge in [0.15, 0.2) is 11.6 Å². The number of anilines is 1. The highest BCUT2D eigenvalue weighted by Crippen LogP contribution is 2.28. The molecule has 102 valence electrons. The molecule has 2 rings (SSSR count). The Morgan fingerprint density at radius 2 is 2.00 bits per heavy atom. The molecular formula is C14H16F2N2O. The molecule has 0 aromatic heterocycles. The molecule has 0 spiro atoms. The molecule has 0 radical (unpaired) electrons. The SMILES string of the molecule is COCC1CCN(c2ccc(C#N)c(F)c2F)CC1. The van der Waals surface area contributed by atoms with E-state index in [0.29, 0.717) is 25.6 Å². The van der Waals surface area contributed by atoms with Crippen LogP contribution >= 0.6 is 0 Å². The third kappa shape index (κ3) is 2.85. The first-order valence-corrected chi connectivity index (χ1v) is 6.29. The molecule has 0 aliphatic carbocycles. The Hall–Kier alpha value is -1.67. The van der Waals surface area contributed by atoms with Crippen LogP contribution in [0.1, 0.15) is 18.4 Å². The molecule has 1 aromatic carbocycles. The summed E-state index contributed by atoms with van der Waals surface area (Å²) in [6.07, 6.45) is 1.80. The molecule has 1 aliphatic rings. The number of piperidine rings is 1. The van der Waals surface area contributed by atoms with Crippen molar-refractivity contribution in [3.05, 3.63) is 29.3 Å². The van der Waals surface area contributed by atoms with Gasteiger partial charge in [-0.05, 0) is 30.9 Å². The summed E-state index contributed by atoms with van der Waals surface area (Å²) in [5, 5.41) is 8.65. The fourth-order valence-corrected chi connectivity index (χ4v) is 2.45. The maximum absolute atomic E-state index is 13.9. The first-order chi connectivity index (χ1) is 9.17. The fraction of sp³-hybridized carbons (Fsp3) is 0.500. The molecule has 1 aromatic rings. The van der Waals surface area contributed by atoms with Gasteiger partial charge in [-0.3, -0.25) is 0 Å². The van der Waals surface area contributed by atoms with Gasteiger partial charge in [-0.25, -0.2) is 8.78 Å². The van der Waals surface area contributed by atoms with Gasteiger partial charge in [0.1, 0.15) is 6.07 Å². The largest absolute Gasteiger partial charge is 0.384 e. The zero-order chi connectivity index (χ0) is 13.8. The minimum atomic E-state index is -1.06. The van der Waals surface area contributed by atoms with Crippen molar-refractivity contribution in [3.63, 3.8) is 0 Å². The van der Waals surface area contributed by atoms with Crippen molar-refractivity contribution < 1.29 is 13.5 Å². The highest BCUT2D eigenvalue weighted by molar-refractivity contribution is 5.52. The Morgan fingerprint density at radius 3 is 2.58 bits per heavy atom. The van der Waals surface area contributed by atoms with Crippen molar-refractivity contribution in [1.82, 2.24) is 0 Å². The van der Waals surface area contributed by atoms with Gasteiger partial charge in [-0.1, -0.05) is 0 Å². The summed E-state index contributed by atoms with van der Waals surface area (Å²) < 4.78 is 32.6. The summed E-state index contributed by atoms with van der Waals surface area (Å²) in [6.45, 7) is 2.06. The lowest BCUT2D eigenvalue weighted by Gasteiger charge is -2.33. The molecule has 0 N–H and O–H groups in total. The number of nitriles is 1. The molecule has 1 saturated heterocycles. The second-order valence-electron chi connectivity index (χ2n) is 4.76. The predicted octanol–water partition coefficient (Wildman–Crippen LogP) is 2.70. The molecule has 5 heteroatoms. The summed E-state index contributed by atoms with van der Waals surface area (Å²) in [7, 11) is 1.67. The molecule has 0 amide bonds. The van der Waals surface area contributed by atoms with Gasteiger partial charge < -0.3 is 9.64 Å². The van der Waals surface area contributed by atoms with Gasteiger partial charge in [0.25, 0.3) is 0 Å². The van der Waals surface area contributed by atoms with Crippen molar-refractivity contribution in [2.75, 3.05) is 31.7 Å².